The quantitative estimate of drug-likeness (QED) is 0.203. The summed E-state index contributed by atoms with van der Waals surface area (Å²) in [5.74, 6) is -3.58. The molecular weight excluding hydrogens is 562 g/mol. The summed E-state index contributed by atoms with van der Waals surface area (Å²) in [5, 5.41) is 22.9. The third kappa shape index (κ3) is 5.69. The highest BCUT2D eigenvalue weighted by molar-refractivity contribution is 7.15. The van der Waals surface area contributed by atoms with Crippen LogP contribution in [0, 0.1) is 5.92 Å². The maximum absolute atomic E-state index is 11.6. The number of para-hydroxylation sites is 1. The molecule has 4 aromatic rings. The second-order valence-corrected chi connectivity index (χ2v) is 10.4. The first-order valence-corrected chi connectivity index (χ1v) is 13.3. The summed E-state index contributed by atoms with van der Waals surface area (Å²) < 4.78 is 16.3. The summed E-state index contributed by atoms with van der Waals surface area (Å²) in [7, 11) is 0. The largest absolute Gasteiger partial charge is 0.481 e. The number of aryl methyl sites for hydroxylation is 1. The number of likely N-dealkylation sites (tertiary alicyclic amines) is 1. The topological polar surface area (TPSA) is 152 Å². The molecule has 0 amide bonds. The maximum atomic E-state index is 11.6. The van der Waals surface area contributed by atoms with E-state index in [4.69, 9.17) is 30.7 Å². The third-order valence-corrected chi connectivity index (χ3v) is 7.72. The Morgan fingerprint density at radius 1 is 1.15 bits per heavy atom. The van der Waals surface area contributed by atoms with Crippen LogP contribution in [0.5, 0.6) is 11.5 Å². The van der Waals surface area contributed by atoms with Gasteiger partial charge in [0, 0.05) is 23.5 Å². The Kier molecular flexibility index (Phi) is 7.83. The lowest BCUT2D eigenvalue weighted by Crippen LogP contribution is -2.60. The van der Waals surface area contributed by atoms with E-state index >= 15 is 0 Å². The first-order chi connectivity index (χ1) is 19.2. The van der Waals surface area contributed by atoms with Gasteiger partial charge in [-0.25, -0.2) is 9.59 Å². The van der Waals surface area contributed by atoms with Gasteiger partial charge in [0.15, 0.2) is 6.23 Å². The Bertz CT molecular complexity index is 1570. The molecule has 0 bridgehead atoms. The lowest BCUT2D eigenvalue weighted by molar-refractivity contribution is -0.204. The third-order valence-electron chi connectivity index (χ3n) is 6.25. The number of halogens is 1. The van der Waals surface area contributed by atoms with Crippen molar-refractivity contribution in [3.8, 4) is 33.7 Å². The van der Waals surface area contributed by atoms with Crippen LogP contribution in [-0.4, -0.2) is 55.9 Å². The standard InChI is InChI=1S/C27H22ClN3O8S/c1-2-14-11-17(12-31-13-18(25(32)33)24(31)38-27(36)26(34)35)40-21(14)22-29-23(39-30-22)15-7-9-16(10-8-15)37-20-6-4-3-5-19(20)28/h3-11,18,24H,2,12-13H2,1H3,(H,32,33)(H,34,35). The molecule has 1 saturated heterocycles. The van der Waals surface area contributed by atoms with Crippen molar-refractivity contribution in [2.24, 2.45) is 5.92 Å². The van der Waals surface area contributed by atoms with Crippen LogP contribution in [-0.2, 0) is 32.1 Å². The number of thiophene rings is 1. The van der Waals surface area contributed by atoms with Crippen molar-refractivity contribution >= 4 is 40.8 Å². The molecule has 0 spiro atoms. The van der Waals surface area contributed by atoms with Crippen molar-refractivity contribution in [1.29, 1.82) is 0 Å². The van der Waals surface area contributed by atoms with Crippen molar-refractivity contribution < 1.29 is 38.6 Å². The van der Waals surface area contributed by atoms with E-state index in [9.17, 15) is 19.5 Å². The molecule has 5 rings (SSSR count). The van der Waals surface area contributed by atoms with Gasteiger partial charge in [0.25, 0.3) is 5.89 Å². The predicted molar refractivity (Wildman–Crippen MR) is 143 cm³/mol. The smallest absolute Gasteiger partial charge is 0.418 e. The van der Waals surface area contributed by atoms with Gasteiger partial charge < -0.3 is 24.2 Å². The van der Waals surface area contributed by atoms with E-state index in [1.807, 2.05) is 25.1 Å². The lowest BCUT2D eigenvalue weighted by atomic mass is 9.97. The van der Waals surface area contributed by atoms with Crippen molar-refractivity contribution in [2.45, 2.75) is 26.1 Å². The normalized spacial score (nSPS) is 16.8. The minimum Gasteiger partial charge on any atom is -0.481 e. The van der Waals surface area contributed by atoms with Gasteiger partial charge in [0.05, 0.1) is 9.90 Å². The molecule has 1 fully saturated rings. The number of ether oxygens (including phenoxy) is 2. The number of hydrogen-bond acceptors (Lipinski definition) is 10. The number of carbonyl (C=O) groups is 3. The second-order valence-electron chi connectivity index (χ2n) is 8.88. The number of benzene rings is 2. The fraction of sp³-hybridized carbons (Fsp3) is 0.222. The average Bonchev–Trinajstić information content (AvgIpc) is 3.58. The molecule has 11 nitrogen and oxygen atoms in total. The number of carboxylic acids is 2. The first kappa shape index (κ1) is 27.3. The first-order valence-electron chi connectivity index (χ1n) is 12.1. The second kappa shape index (κ2) is 11.5. The molecular formula is C27H22ClN3O8S. The Hall–Kier alpha value is -4.26. The van der Waals surface area contributed by atoms with Gasteiger partial charge in [0.2, 0.25) is 5.82 Å². The minimum atomic E-state index is -1.78. The number of aliphatic carboxylic acids is 2. The Balaban J connectivity index is 1.30. The van der Waals surface area contributed by atoms with Crippen LogP contribution < -0.4 is 4.74 Å². The van der Waals surface area contributed by atoms with Gasteiger partial charge in [-0.05, 0) is 54.4 Å². The van der Waals surface area contributed by atoms with E-state index < -0.39 is 30.1 Å². The number of hydrogen-bond donors (Lipinski definition) is 2. The molecule has 2 atom stereocenters. The molecule has 2 N–H and O–H groups in total. The van der Waals surface area contributed by atoms with E-state index in [1.54, 1.807) is 41.3 Å². The van der Waals surface area contributed by atoms with Crippen LogP contribution >= 0.6 is 22.9 Å². The molecule has 2 aromatic carbocycles. The summed E-state index contributed by atoms with van der Waals surface area (Å²) in [6.07, 6.45) is -0.489. The van der Waals surface area contributed by atoms with E-state index in [0.717, 1.165) is 15.3 Å². The highest BCUT2D eigenvalue weighted by atomic mass is 35.5. The van der Waals surface area contributed by atoms with E-state index in [2.05, 4.69) is 10.1 Å². The van der Waals surface area contributed by atoms with E-state index in [0.29, 0.717) is 40.2 Å². The van der Waals surface area contributed by atoms with E-state index in [1.165, 1.54) is 11.3 Å². The zero-order chi connectivity index (χ0) is 28.4. The van der Waals surface area contributed by atoms with Crippen molar-refractivity contribution in [3.63, 3.8) is 0 Å². The summed E-state index contributed by atoms with van der Waals surface area (Å²) in [4.78, 5) is 41.7. The van der Waals surface area contributed by atoms with Gasteiger partial charge in [-0.15, -0.1) is 11.3 Å². The number of esters is 1. The van der Waals surface area contributed by atoms with Gasteiger partial charge in [-0.1, -0.05) is 35.8 Å². The molecule has 13 heteroatoms. The number of rotatable bonds is 9. The van der Waals surface area contributed by atoms with Crippen LogP contribution in [0.1, 0.15) is 17.4 Å². The summed E-state index contributed by atoms with van der Waals surface area (Å²) in [6.45, 7) is 2.36. The lowest BCUT2D eigenvalue weighted by Gasteiger charge is -2.44. The molecule has 1 aliphatic heterocycles. The zero-order valence-corrected chi connectivity index (χ0v) is 22.5. The molecule has 206 valence electrons. The number of carboxylic acid groups (broad SMARTS) is 2. The molecule has 3 heterocycles. The van der Waals surface area contributed by atoms with E-state index in [-0.39, 0.29) is 13.1 Å². The van der Waals surface area contributed by atoms with Crippen LogP contribution in [0.15, 0.2) is 59.1 Å². The molecule has 2 unspecified atom stereocenters. The SMILES string of the molecule is CCc1cc(CN2CC(C(=O)O)C2OC(=O)C(=O)O)sc1-c1noc(-c2ccc(Oc3ccccc3Cl)cc2)n1. The highest BCUT2D eigenvalue weighted by Crippen LogP contribution is 2.37. The van der Waals surface area contributed by atoms with Gasteiger partial charge in [0.1, 0.15) is 17.4 Å². The van der Waals surface area contributed by atoms with Gasteiger partial charge in [-0.3, -0.25) is 9.69 Å². The summed E-state index contributed by atoms with van der Waals surface area (Å²) in [5.41, 5.74) is 1.66. The number of carbonyl (C=O) groups excluding carboxylic acids is 1. The van der Waals surface area contributed by atoms with Crippen molar-refractivity contribution in [3.05, 3.63) is 70.1 Å². The average molecular weight is 584 g/mol. The monoisotopic (exact) mass is 583 g/mol. The molecule has 2 aromatic heterocycles. The molecule has 1 aliphatic rings. The Labute approximate surface area is 236 Å². The number of aromatic nitrogens is 2. The molecule has 0 aliphatic carbocycles. The fourth-order valence-electron chi connectivity index (χ4n) is 4.20. The molecule has 40 heavy (non-hydrogen) atoms. The summed E-state index contributed by atoms with van der Waals surface area (Å²) in [6, 6.07) is 16.3. The maximum Gasteiger partial charge on any atom is 0.418 e. The van der Waals surface area contributed by atoms with Crippen LogP contribution in [0.3, 0.4) is 0 Å². The Morgan fingerprint density at radius 2 is 1.90 bits per heavy atom. The van der Waals surface area contributed by atoms with Gasteiger partial charge >= 0.3 is 17.9 Å². The fourth-order valence-corrected chi connectivity index (χ4v) is 5.58. The van der Waals surface area contributed by atoms with Crippen LogP contribution in [0.4, 0.5) is 0 Å². The van der Waals surface area contributed by atoms with Crippen LogP contribution in [0.25, 0.3) is 22.2 Å². The summed E-state index contributed by atoms with van der Waals surface area (Å²) >= 11 is 7.56. The van der Waals surface area contributed by atoms with Crippen molar-refractivity contribution in [1.82, 2.24) is 15.0 Å². The van der Waals surface area contributed by atoms with Crippen LogP contribution in [0.2, 0.25) is 5.02 Å². The predicted octanol–water partition coefficient (Wildman–Crippen LogP) is 4.94. The molecule has 0 saturated carbocycles. The molecule has 0 radical (unpaired) electrons. The highest BCUT2D eigenvalue weighted by Gasteiger charge is 2.47. The minimum absolute atomic E-state index is 0.115. The van der Waals surface area contributed by atoms with Gasteiger partial charge in [-0.2, -0.15) is 4.98 Å². The van der Waals surface area contributed by atoms with Crippen molar-refractivity contribution in [2.75, 3.05) is 6.54 Å². The zero-order valence-electron chi connectivity index (χ0n) is 20.9. The Morgan fingerprint density at radius 3 is 2.58 bits per heavy atom. The number of nitrogens with zero attached hydrogens (tertiary/aromatic N) is 3.